The molecule has 1 saturated heterocycles. The van der Waals surface area contributed by atoms with Crippen LogP contribution in [0.15, 0.2) is 24.3 Å². The highest BCUT2D eigenvalue weighted by Crippen LogP contribution is 2.38. The Labute approximate surface area is 194 Å². The van der Waals surface area contributed by atoms with E-state index >= 15 is 4.39 Å². The molecule has 34 heavy (non-hydrogen) atoms. The normalized spacial score (nSPS) is 20.7. The summed E-state index contributed by atoms with van der Waals surface area (Å²) >= 11 is 0. The zero-order valence-corrected chi connectivity index (χ0v) is 18.8. The largest absolute Gasteiger partial charge is 0.452 e. The van der Waals surface area contributed by atoms with Gasteiger partial charge >= 0.3 is 6.01 Å². The predicted octanol–water partition coefficient (Wildman–Crippen LogP) is 2.61. The van der Waals surface area contributed by atoms with Crippen LogP contribution in [0.25, 0.3) is 5.83 Å². The Hall–Kier alpha value is -3.51. The number of alkyl halides is 1. The molecule has 2 atom stereocenters. The maximum absolute atomic E-state index is 15.2. The summed E-state index contributed by atoms with van der Waals surface area (Å²) in [4.78, 5) is 16.0. The zero-order valence-electron chi connectivity index (χ0n) is 18.8. The lowest BCUT2D eigenvalue weighted by Gasteiger charge is -2.33. The number of hydrogen-bond donors (Lipinski definition) is 4. The van der Waals surface area contributed by atoms with E-state index in [1.165, 1.54) is 0 Å². The number of aromatic nitrogens is 5. The fourth-order valence-corrected chi connectivity index (χ4v) is 4.10. The standard InChI is InChI=1S/C22H26F2N8O2/c1-12-7-14-20(24)16(9-15(23)21(14)25-12)34-22-27-17(26-18-8-13(11-33)29-30-18)10-19(28-22)32-5-3-31(2)4-6-32/h7-10,16,20,25,33H,3-6,11H2,1-2H3,(H2,26,27,28,29,30). The van der Waals surface area contributed by atoms with Crippen molar-refractivity contribution in [1.82, 2.24) is 30.0 Å². The molecule has 0 saturated carbocycles. The van der Waals surface area contributed by atoms with Crippen LogP contribution in [-0.2, 0) is 6.61 Å². The molecule has 1 aliphatic carbocycles. The lowest BCUT2D eigenvalue weighted by Crippen LogP contribution is -2.44. The molecule has 1 fully saturated rings. The minimum absolute atomic E-state index is 0.0794. The molecule has 2 unspecified atom stereocenters. The van der Waals surface area contributed by atoms with Crippen molar-refractivity contribution in [2.75, 3.05) is 43.4 Å². The number of rotatable bonds is 6. The third kappa shape index (κ3) is 4.46. The molecule has 1 aliphatic heterocycles. The summed E-state index contributed by atoms with van der Waals surface area (Å²) in [5.74, 6) is 0.845. The lowest BCUT2D eigenvalue weighted by atomic mass is 9.99. The number of piperazine rings is 1. The first-order chi connectivity index (χ1) is 16.4. The number of aliphatic hydroxyl groups is 1. The van der Waals surface area contributed by atoms with Crippen molar-refractivity contribution < 1.29 is 18.6 Å². The van der Waals surface area contributed by atoms with E-state index < -0.39 is 18.1 Å². The molecule has 0 amide bonds. The first-order valence-electron chi connectivity index (χ1n) is 11.0. The van der Waals surface area contributed by atoms with Crippen LogP contribution in [0.4, 0.5) is 26.2 Å². The van der Waals surface area contributed by atoms with E-state index in [4.69, 9.17) is 4.74 Å². The minimum Gasteiger partial charge on any atom is -0.452 e. The number of hydrogen-bond acceptors (Lipinski definition) is 8. The van der Waals surface area contributed by atoms with E-state index in [1.807, 2.05) is 0 Å². The number of aromatic amines is 2. The molecule has 0 radical (unpaired) electrons. The van der Waals surface area contributed by atoms with Crippen LogP contribution in [0.1, 0.15) is 28.8 Å². The van der Waals surface area contributed by atoms with Gasteiger partial charge in [-0.2, -0.15) is 15.1 Å². The number of H-pyrrole nitrogens is 2. The molecule has 180 valence electrons. The summed E-state index contributed by atoms with van der Waals surface area (Å²) in [5.41, 5.74) is 1.55. The fraction of sp³-hybridized carbons (Fsp3) is 0.409. The quantitative estimate of drug-likeness (QED) is 0.433. The summed E-state index contributed by atoms with van der Waals surface area (Å²) in [6.07, 6.45) is -1.70. The number of aryl methyl sites for hydroxylation is 1. The van der Waals surface area contributed by atoms with Crippen LogP contribution in [0.2, 0.25) is 0 Å². The van der Waals surface area contributed by atoms with Gasteiger partial charge in [0.05, 0.1) is 18.0 Å². The fourth-order valence-electron chi connectivity index (χ4n) is 4.10. The van der Waals surface area contributed by atoms with Crippen LogP contribution in [0, 0.1) is 6.92 Å². The average Bonchev–Trinajstić information content (AvgIpc) is 3.44. The Morgan fingerprint density at radius 2 is 1.97 bits per heavy atom. The summed E-state index contributed by atoms with van der Waals surface area (Å²) < 4.78 is 35.6. The summed E-state index contributed by atoms with van der Waals surface area (Å²) in [7, 11) is 2.05. The van der Waals surface area contributed by atoms with Crippen LogP contribution >= 0.6 is 0 Å². The maximum atomic E-state index is 15.2. The molecule has 3 aromatic heterocycles. The number of anilines is 3. The van der Waals surface area contributed by atoms with Gasteiger partial charge in [-0.05, 0) is 26.1 Å². The number of ether oxygens (including phenoxy) is 1. The summed E-state index contributed by atoms with van der Waals surface area (Å²) in [5, 5.41) is 19.1. The first-order valence-corrected chi connectivity index (χ1v) is 11.0. The van der Waals surface area contributed by atoms with Crippen molar-refractivity contribution in [1.29, 1.82) is 0 Å². The van der Waals surface area contributed by atoms with Gasteiger partial charge in [0, 0.05) is 49.6 Å². The van der Waals surface area contributed by atoms with Crippen molar-refractivity contribution >= 4 is 23.3 Å². The number of likely N-dealkylation sites (N-methyl/N-ethyl adjacent to an activating group) is 1. The second-order valence-electron chi connectivity index (χ2n) is 8.53. The molecule has 0 spiro atoms. The van der Waals surface area contributed by atoms with Gasteiger partial charge in [-0.3, -0.25) is 5.10 Å². The Balaban J connectivity index is 1.44. The van der Waals surface area contributed by atoms with E-state index in [-0.39, 0.29) is 23.9 Å². The molecule has 4 N–H and O–H groups in total. The van der Waals surface area contributed by atoms with Gasteiger partial charge in [-0.15, -0.1) is 0 Å². The highest BCUT2D eigenvalue weighted by Gasteiger charge is 2.34. The van der Waals surface area contributed by atoms with Crippen molar-refractivity contribution in [3.63, 3.8) is 0 Å². The molecule has 4 heterocycles. The number of nitrogens with zero attached hydrogens (tertiary/aromatic N) is 5. The number of nitrogens with one attached hydrogen (secondary N) is 3. The number of fused-ring (bicyclic) bond motifs is 1. The third-order valence-electron chi connectivity index (χ3n) is 5.94. The van der Waals surface area contributed by atoms with Gasteiger partial charge in [0.2, 0.25) is 0 Å². The van der Waals surface area contributed by atoms with Crippen LogP contribution in [0.3, 0.4) is 0 Å². The Morgan fingerprint density at radius 1 is 1.18 bits per heavy atom. The van der Waals surface area contributed by atoms with E-state index in [9.17, 15) is 9.50 Å². The molecule has 3 aromatic rings. The first kappa shape index (κ1) is 22.3. The highest BCUT2D eigenvalue weighted by molar-refractivity contribution is 5.64. The van der Waals surface area contributed by atoms with E-state index in [2.05, 4.69) is 47.3 Å². The SMILES string of the molecule is Cc1cc2c([nH]1)C(F)=CC(Oc1nc(Nc3cc(CO)[nH]n3)cc(N3CCN(C)CC3)n1)C2F. The third-order valence-corrected chi connectivity index (χ3v) is 5.94. The second kappa shape index (κ2) is 9.03. The summed E-state index contributed by atoms with van der Waals surface area (Å²) in [6.45, 7) is 4.78. The maximum Gasteiger partial charge on any atom is 0.321 e. The topological polar surface area (TPSA) is 118 Å². The van der Waals surface area contributed by atoms with Crippen molar-refractivity contribution in [2.24, 2.45) is 0 Å². The number of halogens is 2. The van der Waals surface area contributed by atoms with E-state index in [1.54, 1.807) is 25.1 Å². The van der Waals surface area contributed by atoms with Gasteiger partial charge in [-0.1, -0.05) is 0 Å². The van der Waals surface area contributed by atoms with Crippen molar-refractivity contribution in [3.05, 3.63) is 46.9 Å². The Bertz CT molecular complexity index is 1200. The summed E-state index contributed by atoms with van der Waals surface area (Å²) in [6, 6.07) is 4.89. The van der Waals surface area contributed by atoms with Gasteiger partial charge in [-0.25, -0.2) is 8.78 Å². The molecule has 0 aromatic carbocycles. The van der Waals surface area contributed by atoms with Crippen LogP contribution < -0.4 is 15.0 Å². The number of aliphatic hydroxyl groups excluding tert-OH is 1. The van der Waals surface area contributed by atoms with Gasteiger partial charge < -0.3 is 29.9 Å². The monoisotopic (exact) mass is 472 g/mol. The van der Waals surface area contributed by atoms with E-state index in [0.717, 1.165) is 32.3 Å². The molecule has 10 nitrogen and oxygen atoms in total. The van der Waals surface area contributed by atoms with Crippen molar-refractivity contribution in [3.8, 4) is 6.01 Å². The zero-order chi connectivity index (χ0) is 23.8. The molecule has 2 aliphatic rings. The molecular formula is C22H26F2N8O2. The second-order valence-corrected chi connectivity index (χ2v) is 8.53. The average molecular weight is 473 g/mol. The molecule has 12 heteroatoms. The van der Waals surface area contributed by atoms with Gasteiger partial charge in [0.15, 0.2) is 18.1 Å². The highest BCUT2D eigenvalue weighted by atomic mass is 19.1. The lowest BCUT2D eigenvalue weighted by molar-refractivity contribution is 0.124. The molecule has 5 rings (SSSR count). The minimum atomic E-state index is -1.58. The van der Waals surface area contributed by atoms with Gasteiger partial charge in [0.1, 0.15) is 17.5 Å². The van der Waals surface area contributed by atoms with Crippen LogP contribution in [0.5, 0.6) is 6.01 Å². The van der Waals surface area contributed by atoms with Crippen LogP contribution in [-0.4, -0.2) is 74.5 Å². The molecular weight excluding hydrogens is 446 g/mol. The van der Waals surface area contributed by atoms with Gasteiger partial charge in [0.25, 0.3) is 0 Å². The molecule has 0 bridgehead atoms. The van der Waals surface area contributed by atoms with Crippen molar-refractivity contribution in [2.45, 2.75) is 25.8 Å². The Kier molecular flexibility index (Phi) is 5.92. The van der Waals surface area contributed by atoms with E-state index in [0.29, 0.717) is 28.8 Å². The Morgan fingerprint density at radius 3 is 2.71 bits per heavy atom. The predicted molar refractivity (Wildman–Crippen MR) is 122 cm³/mol. The smallest absolute Gasteiger partial charge is 0.321 e.